The quantitative estimate of drug-likeness (QED) is 0.912. The van der Waals surface area contributed by atoms with E-state index in [2.05, 4.69) is 49.2 Å². The van der Waals surface area contributed by atoms with Crippen LogP contribution in [0.1, 0.15) is 43.5 Å². The molecule has 1 aliphatic rings. The molecule has 0 radical (unpaired) electrons. The maximum absolute atomic E-state index is 4.57. The number of hydrogen-bond donors (Lipinski definition) is 1. The molecule has 0 aliphatic carbocycles. The largest absolute Gasteiger partial charge is 0.316 e. The number of rotatable bonds is 3. The standard InChI is InChI=1S/C14H25N3S/c1-14(2,3)13-16-8-12(18-13)10-17-7-5-6-11(9-17)15-4/h8,11,15H,5-7,9-10H2,1-4H3. The lowest BCUT2D eigenvalue weighted by Gasteiger charge is -2.32. The van der Waals surface area contributed by atoms with Crippen molar-refractivity contribution in [1.29, 1.82) is 0 Å². The maximum atomic E-state index is 4.57. The smallest absolute Gasteiger partial charge is 0.0981 e. The minimum atomic E-state index is 0.179. The van der Waals surface area contributed by atoms with Gasteiger partial charge in [0.25, 0.3) is 0 Å². The van der Waals surface area contributed by atoms with Crippen molar-refractivity contribution in [2.45, 2.75) is 51.6 Å². The molecule has 1 aromatic rings. The average molecular weight is 267 g/mol. The summed E-state index contributed by atoms with van der Waals surface area (Å²) >= 11 is 1.87. The van der Waals surface area contributed by atoms with E-state index in [4.69, 9.17) is 0 Å². The lowest BCUT2D eigenvalue weighted by molar-refractivity contribution is 0.189. The zero-order valence-electron chi connectivity index (χ0n) is 12.0. The lowest BCUT2D eigenvalue weighted by atomic mass is 9.98. The third-order valence-electron chi connectivity index (χ3n) is 3.49. The number of likely N-dealkylation sites (N-methyl/N-ethyl adjacent to an activating group) is 1. The summed E-state index contributed by atoms with van der Waals surface area (Å²) in [6.45, 7) is 10.1. The number of hydrogen-bond acceptors (Lipinski definition) is 4. The Labute approximate surface area is 115 Å². The summed E-state index contributed by atoms with van der Waals surface area (Å²) in [5.74, 6) is 0. The molecule has 1 N–H and O–H groups in total. The molecule has 2 rings (SSSR count). The Morgan fingerprint density at radius 3 is 2.89 bits per heavy atom. The average Bonchev–Trinajstić information content (AvgIpc) is 2.77. The first kappa shape index (κ1) is 14.0. The number of likely N-dealkylation sites (tertiary alicyclic amines) is 1. The van der Waals surface area contributed by atoms with E-state index in [0.29, 0.717) is 6.04 Å². The van der Waals surface area contributed by atoms with E-state index < -0.39 is 0 Å². The first-order chi connectivity index (χ1) is 8.49. The Bertz CT molecular complexity index is 381. The van der Waals surface area contributed by atoms with Crippen LogP contribution in [0.3, 0.4) is 0 Å². The van der Waals surface area contributed by atoms with Crippen LogP contribution in [0.15, 0.2) is 6.20 Å². The molecular formula is C14H25N3S. The Hall–Kier alpha value is -0.450. The topological polar surface area (TPSA) is 28.2 Å². The van der Waals surface area contributed by atoms with Crippen molar-refractivity contribution in [3.8, 4) is 0 Å². The number of piperidine rings is 1. The summed E-state index contributed by atoms with van der Waals surface area (Å²) in [5, 5.41) is 4.64. The van der Waals surface area contributed by atoms with E-state index in [1.807, 2.05) is 11.3 Å². The molecule has 0 bridgehead atoms. The molecule has 2 heterocycles. The van der Waals surface area contributed by atoms with Crippen LogP contribution in [0.2, 0.25) is 0 Å². The van der Waals surface area contributed by atoms with Crippen molar-refractivity contribution in [1.82, 2.24) is 15.2 Å². The van der Waals surface area contributed by atoms with E-state index in [0.717, 1.165) is 6.54 Å². The van der Waals surface area contributed by atoms with E-state index in [9.17, 15) is 0 Å². The van der Waals surface area contributed by atoms with E-state index >= 15 is 0 Å². The first-order valence-electron chi connectivity index (χ1n) is 6.84. The van der Waals surface area contributed by atoms with Crippen molar-refractivity contribution in [2.24, 2.45) is 0 Å². The minimum Gasteiger partial charge on any atom is -0.316 e. The molecule has 0 aromatic carbocycles. The van der Waals surface area contributed by atoms with Crippen LogP contribution in [0.25, 0.3) is 0 Å². The van der Waals surface area contributed by atoms with Gasteiger partial charge in [-0.05, 0) is 26.4 Å². The summed E-state index contributed by atoms with van der Waals surface area (Å²) < 4.78 is 0. The molecule has 1 atom stereocenters. The van der Waals surface area contributed by atoms with Gasteiger partial charge in [0.2, 0.25) is 0 Å². The minimum absolute atomic E-state index is 0.179. The fourth-order valence-electron chi connectivity index (χ4n) is 2.38. The first-order valence-corrected chi connectivity index (χ1v) is 7.65. The van der Waals surface area contributed by atoms with Gasteiger partial charge in [-0.25, -0.2) is 4.98 Å². The van der Waals surface area contributed by atoms with Crippen LogP contribution in [-0.2, 0) is 12.0 Å². The fraction of sp³-hybridized carbons (Fsp3) is 0.786. The summed E-state index contributed by atoms with van der Waals surface area (Å²) in [7, 11) is 2.07. The van der Waals surface area contributed by atoms with E-state index in [1.54, 1.807) is 0 Å². The molecule has 0 saturated carbocycles. The molecule has 1 fully saturated rings. The molecule has 102 valence electrons. The second-order valence-electron chi connectivity index (χ2n) is 6.24. The summed E-state index contributed by atoms with van der Waals surface area (Å²) in [6.07, 6.45) is 4.67. The van der Waals surface area contributed by atoms with Gasteiger partial charge >= 0.3 is 0 Å². The van der Waals surface area contributed by atoms with Crippen LogP contribution in [0, 0.1) is 0 Å². The summed E-state index contributed by atoms with van der Waals surface area (Å²) in [4.78, 5) is 8.51. The molecule has 4 heteroatoms. The van der Waals surface area contributed by atoms with Crippen LogP contribution in [-0.4, -0.2) is 36.1 Å². The van der Waals surface area contributed by atoms with E-state index in [1.165, 1.54) is 35.8 Å². The van der Waals surface area contributed by atoms with Gasteiger partial charge < -0.3 is 5.32 Å². The number of nitrogens with zero attached hydrogens (tertiary/aromatic N) is 2. The number of aromatic nitrogens is 1. The normalized spacial score (nSPS) is 22.3. The molecule has 0 amide bonds. The van der Waals surface area contributed by atoms with Gasteiger partial charge in [0.15, 0.2) is 0 Å². The van der Waals surface area contributed by atoms with Crippen molar-refractivity contribution in [3.63, 3.8) is 0 Å². The van der Waals surface area contributed by atoms with Crippen molar-refractivity contribution < 1.29 is 0 Å². The SMILES string of the molecule is CNC1CCCN(Cc2cnc(C(C)(C)C)s2)C1. The van der Waals surface area contributed by atoms with Crippen LogP contribution in [0.4, 0.5) is 0 Å². The molecule has 3 nitrogen and oxygen atoms in total. The van der Waals surface area contributed by atoms with Gasteiger partial charge in [-0.2, -0.15) is 0 Å². The number of thiazole rings is 1. The van der Waals surface area contributed by atoms with Crippen molar-refractivity contribution in [2.75, 3.05) is 20.1 Å². The Kier molecular flexibility index (Phi) is 4.41. The molecule has 1 unspecified atom stereocenters. The van der Waals surface area contributed by atoms with Gasteiger partial charge in [0, 0.05) is 35.6 Å². The second kappa shape index (κ2) is 5.68. The van der Waals surface area contributed by atoms with Gasteiger partial charge in [0.1, 0.15) is 0 Å². The lowest BCUT2D eigenvalue weighted by Crippen LogP contribution is -2.43. The molecule has 1 saturated heterocycles. The highest BCUT2D eigenvalue weighted by Gasteiger charge is 2.21. The molecular weight excluding hydrogens is 242 g/mol. The zero-order chi connectivity index (χ0) is 13.2. The van der Waals surface area contributed by atoms with Gasteiger partial charge in [-0.15, -0.1) is 11.3 Å². The third-order valence-corrected chi connectivity index (χ3v) is 4.90. The van der Waals surface area contributed by atoms with Gasteiger partial charge in [0.05, 0.1) is 5.01 Å². The monoisotopic (exact) mass is 267 g/mol. The zero-order valence-corrected chi connectivity index (χ0v) is 12.8. The van der Waals surface area contributed by atoms with Crippen LogP contribution < -0.4 is 5.32 Å². The molecule has 0 spiro atoms. The summed E-state index contributed by atoms with van der Waals surface area (Å²) in [5.41, 5.74) is 0.179. The van der Waals surface area contributed by atoms with Gasteiger partial charge in [-0.1, -0.05) is 20.8 Å². The Balaban J connectivity index is 1.95. The molecule has 1 aliphatic heterocycles. The predicted octanol–water partition coefficient (Wildman–Crippen LogP) is 2.62. The highest BCUT2D eigenvalue weighted by Crippen LogP contribution is 2.27. The van der Waals surface area contributed by atoms with Crippen molar-refractivity contribution >= 4 is 11.3 Å². The molecule has 18 heavy (non-hydrogen) atoms. The van der Waals surface area contributed by atoms with Gasteiger partial charge in [-0.3, -0.25) is 4.90 Å². The highest BCUT2D eigenvalue weighted by molar-refractivity contribution is 7.11. The second-order valence-corrected chi connectivity index (χ2v) is 7.36. The summed E-state index contributed by atoms with van der Waals surface area (Å²) in [6, 6.07) is 0.661. The van der Waals surface area contributed by atoms with E-state index in [-0.39, 0.29) is 5.41 Å². The van der Waals surface area contributed by atoms with Crippen molar-refractivity contribution in [3.05, 3.63) is 16.1 Å². The fourth-order valence-corrected chi connectivity index (χ4v) is 3.39. The number of nitrogens with one attached hydrogen (secondary N) is 1. The molecule has 1 aromatic heterocycles. The van der Waals surface area contributed by atoms with Crippen LogP contribution in [0.5, 0.6) is 0 Å². The Morgan fingerprint density at radius 2 is 2.28 bits per heavy atom. The highest BCUT2D eigenvalue weighted by atomic mass is 32.1. The Morgan fingerprint density at radius 1 is 1.50 bits per heavy atom. The van der Waals surface area contributed by atoms with Crippen LogP contribution >= 0.6 is 11.3 Å². The predicted molar refractivity (Wildman–Crippen MR) is 78.2 cm³/mol. The maximum Gasteiger partial charge on any atom is 0.0981 e. The third kappa shape index (κ3) is 3.53.